The summed E-state index contributed by atoms with van der Waals surface area (Å²) in [7, 11) is 0. The molecule has 2 heterocycles. The van der Waals surface area contributed by atoms with Gasteiger partial charge < -0.3 is 13.9 Å². The van der Waals surface area contributed by atoms with Gasteiger partial charge in [-0.1, -0.05) is 152 Å². The predicted octanol–water partition coefficient (Wildman–Crippen LogP) is 17.3. The number of hydrogen-bond acceptors (Lipinski definition) is 1. The second kappa shape index (κ2) is 15.3. The average Bonchev–Trinajstić information content (AvgIpc) is 3.87. The van der Waals surface area contributed by atoms with E-state index in [0.29, 0.717) is 0 Å². The fourth-order valence-corrected chi connectivity index (χ4v) is 10.2. The van der Waals surface area contributed by atoms with Crippen LogP contribution in [0, 0.1) is 6.92 Å². The van der Waals surface area contributed by atoms with Crippen LogP contribution in [0.1, 0.15) is 5.56 Å². The monoisotopic (exact) mass is 842 g/mol. The summed E-state index contributed by atoms with van der Waals surface area (Å²) in [4.78, 5) is 0. The van der Waals surface area contributed by atoms with Crippen LogP contribution in [-0.4, -0.2) is 9.13 Å². The molecule has 0 unspecified atom stereocenters. The standard InChI is InChI=1S/C63H42N2O/c1-41-35-62-58(40-55(41)54-20-10-12-22-63(54)66-52-32-26-44-16-6-8-18-47(44)37-52)57-39-49(28-34-61(57)65(62)51-31-25-43-15-5-7-17-46(43)36-51)48-27-33-60-56(38-48)53-19-9-11-21-59(53)64(60)50-29-23-45(24-30-50)42-13-3-2-4-14-42/h2-40H,1H3. The lowest BCUT2D eigenvalue weighted by Crippen LogP contribution is -1.95. The van der Waals surface area contributed by atoms with Crippen LogP contribution in [0.15, 0.2) is 237 Å². The number of benzene rings is 11. The van der Waals surface area contributed by atoms with Crippen LogP contribution in [0.3, 0.4) is 0 Å². The largest absolute Gasteiger partial charge is 0.457 e. The fraction of sp³-hybridized carbons (Fsp3) is 0.0159. The molecule has 11 aromatic carbocycles. The Bertz CT molecular complexity index is 4020. The van der Waals surface area contributed by atoms with Crippen molar-refractivity contribution in [3.05, 3.63) is 242 Å². The van der Waals surface area contributed by atoms with Crippen molar-refractivity contribution in [3.63, 3.8) is 0 Å². The van der Waals surface area contributed by atoms with Crippen LogP contribution >= 0.6 is 0 Å². The minimum Gasteiger partial charge on any atom is -0.457 e. The van der Waals surface area contributed by atoms with Gasteiger partial charge in [0.15, 0.2) is 0 Å². The molecule has 310 valence electrons. The maximum Gasteiger partial charge on any atom is 0.135 e. The van der Waals surface area contributed by atoms with E-state index < -0.39 is 0 Å². The van der Waals surface area contributed by atoms with Crippen molar-refractivity contribution in [1.82, 2.24) is 9.13 Å². The number of aromatic nitrogens is 2. The third-order valence-corrected chi connectivity index (χ3v) is 13.5. The molecule has 0 saturated heterocycles. The van der Waals surface area contributed by atoms with E-state index in [0.717, 1.165) is 44.9 Å². The zero-order valence-electron chi connectivity index (χ0n) is 36.3. The van der Waals surface area contributed by atoms with Gasteiger partial charge in [0.2, 0.25) is 0 Å². The lowest BCUT2D eigenvalue weighted by molar-refractivity contribution is 0.485. The summed E-state index contributed by atoms with van der Waals surface area (Å²) < 4.78 is 11.6. The Morgan fingerprint density at radius 2 is 0.833 bits per heavy atom. The van der Waals surface area contributed by atoms with Gasteiger partial charge in [0, 0.05) is 38.5 Å². The average molecular weight is 843 g/mol. The second-order valence-corrected chi connectivity index (χ2v) is 17.4. The van der Waals surface area contributed by atoms with E-state index in [4.69, 9.17) is 4.74 Å². The van der Waals surface area contributed by atoms with Gasteiger partial charge in [-0.25, -0.2) is 0 Å². The molecule has 0 fully saturated rings. The quantitative estimate of drug-likeness (QED) is 0.156. The minimum atomic E-state index is 0.818. The topological polar surface area (TPSA) is 19.1 Å². The smallest absolute Gasteiger partial charge is 0.135 e. The van der Waals surface area contributed by atoms with E-state index >= 15 is 0 Å². The maximum absolute atomic E-state index is 6.73. The van der Waals surface area contributed by atoms with Crippen molar-refractivity contribution >= 4 is 65.2 Å². The summed E-state index contributed by atoms with van der Waals surface area (Å²) in [6.45, 7) is 2.22. The fourth-order valence-electron chi connectivity index (χ4n) is 10.2. The highest BCUT2D eigenvalue weighted by atomic mass is 16.5. The van der Waals surface area contributed by atoms with Crippen LogP contribution in [0.4, 0.5) is 0 Å². The molecule has 0 aliphatic heterocycles. The molecule has 0 spiro atoms. The first-order valence-corrected chi connectivity index (χ1v) is 22.6. The molecule has 0 aliphatic rings. The van der Waals surface area contributed by atoms with E-state index in [-0.39, 0.29) is 0 Å². The second-order valence-electron chi connectivity index (χ2n) is 17.4. The third-order valence-electron chi connectivity index (χ3n) is 13.5. The first-order chi connectivity index (χ1) is 32.6. The van der Waals surface area contributed by atoms with E-state index in [1.807, 2.05) is 0 Å². The predicted molar refractivity (Wildman–Crippen MR) is 278 cm³/mol. The zero-order valence-corrected chi connectivity index (χ0v) is 36.3. The molecule has 3 heteroatoms. The highest BCUT2D eigenvalue weighted by Gasteiger charge is 2.20. The van der Waals surface area contributed by atoms with Crippen molar-refractivity contribution in [1.29, 1.82) is 0 Å². The number of para-hydroxylation sites is 2. The Labute approximate surface area is 382 Å². The highest BCUT2D eigenvalue weighted by molar-refractivity contribution is 6.14. The summed E-state index contributed by atoms with van der Waals surface area (Å²) in [5.41, 5.74) is 15.2. The Morgan fingerprint density at radius 1 is 0.303 bits per heavy atom. The molecule has 0 saturated carbocycles. The van der Waals surface area contributed by atoms with Crippen molar-refractivity contribution in [2.45, 2.75) is 6.92 Å². The number of ether oxygens (including phenoxy) is 1. The van der Waals surface area contributed by atoms with Gasteiger partial charge in [-0.2, -0.15) is 0 Å². The van der Waals surface area contributed by atoms with Crippen LogP contribution in [0.2, 0.25) is 0 Å². The normalized spacial score (nSPS) is 11.7. The van der Waals surface area contributed by atoms with Gasteiger partial charge in [0.1, 0.15) is 11.5 Å². The van der Waals surface area contributed by atoms with Crippen LogP contribution in [0.25, 0.3) is 110 Å². The molecule has 0 aliphatic carbocycles. The third kappa shape index (κ3) is 6.28. The Morgan fingerprint density at radius 3 is 1.59 bits per heavy atom. The number of fused-ring (bicyclic) bond motifs is 8. The first kappa shape index (κ1) is 37.9. The van der Waals surface area contributed by atoms with Gasteiger partial charge in [-0.15, -0.1) is 0 Å². The molecule has 2 aromatic heterocycles. The van der Waals surface area contributed by atoms with Crippen LogP contribution in [-0.2, 0) is 0 Å². The molecule has 3 nitrogen and oxygen atoms in total. The van der Waals surface area contributed by atoms with Crippen LogP contribution in [0.5, 0.6) is 11.5 Å². The van der Waals surface area contributed by atoms with Gasteiger partial charge in [-0.3, -0.25) is 0 Å². The van der Waals surface area contributed by atoms with Crippen molar-refractivity contribution in [2.75, 3.05) is 0 Å². The minimum absolute atomic E-state index is 0.818. The summed E-state index contributed by atoms with van der Waals surface area (Å²) in [5.74, 6) is 1.65. The zero-order chi connectivity index (χ0) is 43.7. The molecular formula is C63H42N2O. The molecule has 0 atom stereocenters. The van der Waals surface area contributed by atoms with Crippen molar-refractivity contribution in [2.24, 2.45) is 0 Å². The van der Waals surface area contributed by atoms with E-state index in [1.54, 1.807) is 0 Å². The van der Waals surface area contributed by atoms with Gasteiger partial charge in [0.25, 0.3) is 0 Å². The number of nitrogens with zero attached hydrogens (tertiary/aromatic N) is 2. The number of hydrogen-bond donors (Lipinski definition) is 0. The summed E-state index contributed by atoms with van der Waals surface area (Å²) in [6.07, 6.45) is 0. The number of aryl methyl sites for hydroxylation is 1. The van der Waals surface area contributed by atoms with Gasteiger partial charge in [-0.05, 0) is 147 Å². The molecule has 0 bridgehead atoms. The van der Waals surface area contributed by atoms with Crippen molar-refractivity contribution in [3.8, 4) is 56.3 Å². The van der Waals surface area contributed by atoms with E-state index in [9.17, 15) is 0 Å². The van der Waals surface area contributed by atoms with E-state index in [1.165, 1.54) is 82.1 Å². The Kier molecular flexibility index (Phi) is 8.75. The first-order valence-electron chi connectivity index (χ1n) is 22.6. The van der Waals surface area contributed by atoms with Gasteiger partial charge >= 0.3 is 0 Å². The summed E-state index contributed by atoms with van der Waals surface area (Å²) in [6, 6.07) is 85.6. The van der Waals surface area contributed by atoms with Crippen molar-refractivity contribution < 1.29 is 4.74 Å². The molecule has 13 rings (SSSR count). The molecule has 13 aromatic rings. The number of rotatable bonds is 7. The molecule has 0 radical (unpaired) electrons. The van der Waals surface area contributed by atoms with E-state index in [2.05, 4.69) is 253 Å². The Balaban J connectivity index is 0.971. The summed E-state index contributed by atoms with van der Waals surface area (Å²) in [5, 5.41) is 9.65. The maximum atomic E-state index is 6.73. The molecular weight excluding hydrogens is 801 g/mol. The lowest BCUT2D eigenvalue weighted by Gasteiger charge is -2.15. The highest BCUT2D eigenvalue weighted by Crippen LogP contribution is 2.43. The molecule has 66 heavy (non-hydrogen) atoms. The summed E-state index contributed by atoms with van der Waals surface area (Å²) >= 11 is 0. The molecule has 0 amide bonds. The SMILES string of the molecule is Cc1cc2c(cc1-c1ccccc1Oc1ccc3ccccc3c1)c1cc(-c3ccc4c(c3)c3ccccc3n4-c3ccc(-c4ccccc4)cc3)ccc1n2-c1ccc2ccccc2c1. The van der Waals surface area contributed by atoms with Gasteiger partial charge in [0.05, 0.1) is 22.1 Å². The molecule has 0 N–H and O–H groups in total. The Hall–Kier alpha value is -8.66. The lowest BCUT2D eigenvalue weighted by atomic mass is 9.96. The van der Waals surface area contributed by atoms with Crippen LogP contribution < -0.4 is 4.74 Å².